The first kappa shape index (κ1) is 21.1. The lowest BCUT2D eigenvalue weighted by Gasteiger charge is -2.26. The van der Waals surface area contributed by atoms with E-state index in [1.807, 2.05) is 58.3 Å². The van der Waals surface area contributed by atoms with Gasteiger partial charge in [-0.1, -0.05) is 26.0 Å². The molecular formula is C22H29N5OS. The highest BCUT2D eigenvalue weighted by Gasteiger charge is 2.16. The minimum atomic E-state index is -0.0834. The minimum Gasteiger partial charge on any atom is -0.318 e. The SMILES string of the molecule is CCN(CC)CCN(Cc1cccs1)C(=O)Nc1cccc(-n2nccc2C)c1. The molecule has 0 saturated carbocycles. The van der Waals surface area contributed by atoms with E-state index in [0.29, 0.717) is 13.1 Å². The van der Waals surface area contributed by atoms with Crippen molar-refractivity contribution in [1.29, 1.82) is 0 Å². The van der Waals surface area contributed by atoms with Crippen LogP contribution in [-0.2, 0) is 6.54 Å². The molecule has 0 aliphatic carbocycles. The molecule has 1 aromatic carbocycles. The van der Waals surface area contributed by atoms with E-state index in [1.165, 1.54) is 4.88 Å². The monoisotopic (exact) mass is 411 g/mol. The van der Waals surface area contributed by atoms with Gasteiger partial charge in [-0.05, 0) is 55.7 Å². The highest BCUT2D eigenvalue weighted by Crippen LogP contribution is 2.18. The van der Waals surface area contributed by atoms with Gasteiger partial charge >= 0.3 is 6.03 Å². The van der Waals surface area contributed by atoms with E-state index >= 15 is 0 Å². The Labute approximate surface area is 176 Å². The summed E-state index contributed by atoms with van der Waals surface area (Å²) in [5.41, 5.74) is 2.74. The summed E-state index contributed by atoms with van der Waals surface area (Å²) in [6.07, 6.45) is 1.77. The van der Waals surface area contributed by atoms with Crippen molar-refractivity contribution in [2.24, 2.45) is 0 Å². The van der Waals surface area contributed by atoms with E-state index in [1.54, 1.807) is 17.5 Å². The Bertz CT molecular complexity index is 902. The van der Waals surface area contributed by atoms with Gasteiger partial charge in [0.15, 0.2) is 0 Å². The number of nitrogens with one attached hydrogen (secondary N) is 1. The summed E-state index contributed by atoms with van der Waals surface area (Å²) >= 11 is 1.68. The van der Waals surface area contributed by atoms with Crippen LogP contribution in [0, 0.1) is 6.92 Å². The van der Waals surface area contributed by atoms with Gasteiger partial charge in [-0.15, -0.1) is 11.3 Å². The Morgan fingerprint density at radius 1 is 1.14 bits per heavy atom. The zero-order valence-corrected chi connectivity index (χ0v) is 18.2. The lowest BCUT2D eigenvalue weighted by atomic mass is 10.2. The van der Waals surface area contributed by atoms with E-state index in [-0.39, 0.29) is 6.03 Å². The van der Waals surface area contributed by atoms with Crippen LogP contribution in [0.15, 0.2) is 54.0 Å². The van der Waals surface area contributed by atoms with Gasteiger partial charge in [0, 0.05) is 35.5 Å². The maximum absolute atomic E-state index is 13.1. The maximum atomic E-state index is 13.1. The first-order chi connectivity index (χ1) is 14.1. The number of carbonyl (C=O) groups is 1. The molecule has 2 aromatic heterocycles. The Balaban J connectivity index is 1.72. The number of nitrogens with zero attached hydrogens (tertiary/aromatic N) is 4. The number of amides is 2. The standard InChI is InChI=1S/C22H29N5OS/c1-4-25(5-2)13-14-26(17-21-10-7-15-29-21)22(28)24-19-8-6-9-20(16-19)27-18(3)11-12-23-27/h6-12,15-16H,4-5,13-14,17H2,1-3H3,(H,24,28). The average molecular weight is 412 g/mol. The lowest BCUT2D eigenvalue weighted by molar-refractivity contribution is 0.195. The van der Waals surface area contributed by atoms with Crippen LogP contribution in [0.1, 0.15) is 24.4 Å². The van der Waals surface area contributed by atoms with Crippen molar-refractivity contribution in [2.45, 2.75) is 27.3 Å². The van der Waals surface area contributed by atoms with Gasteiger partial charge < -0.3 is 15.1 Å². The molecule has 0 bridgehead atoms. The van der Waals surface area contributed by atoms with Crippen LogP contribution in [0.4, 0.5) is 10.5 Å². The molecule has 2 amide bonds. The van der Waals surface area contributed by atoms with Crippen LogP contribution in [0.25, 0.3) is 5.69 Å². The van der Waals surface area contributed by atoms with Crippen molar-refractivity contribution in [3.63, 3.8) is 0 Å². The Morgan fingerprint density at radius 2 is 1.97 bits per heavy atom. The van der Waals surface area contributed by atoms with Gasteiger partial charge in [-0.3, -0.25) is 0 Å². The summed E-state index contributed by atoms with van der Waals surface area (Å²) < 4.78 is 1.86. The molecule has 0 saturated heterocycles. The van der Waals surface area contributed by atoms with Gasteiger partial charge in [0.25, 0.3) is 0 Å². The zero-order chi connectivity index (χ0) is 20.6. The Hall–Kier alpha value is -2.64. The van der Waals surface area contributed by atoms with Gasteiger partial charge in [0.05, 0.1) is 12.2 Å². The van der Waals surface area contributed by atoms with Crippen LogP contribution in [0.5, 0.6) is 0 Å². The Morgan fingerprint density at radius 3 is 2.62 bits per heavy atom. The summed E-state index contributed by atoms with van der Waals surface area (Å²) in [7, 11) is 0. The number of aryl methyl sites for hydroxylation is 1. The number of carbonyl (C=O) groups excluding carboxylic acids is 1. The second kappa shape index (κ2) is 10.2. The second-order valence-corrected chi connectivity index (χ2v) is 7.92. The molecule has 2 heterocycles. The molecule has 6 nitrogen and oxygen atoms in total. The minimum absolute atomic E-state index is 0.0834. The average Bonchev–Trinajstić information content (AvgIpc) is 3.39. The third-order valence-electron chi connectivity index (χ3n) is 4.97. The van der Waals surface area contributed by atoms with Crippen molar-refractivity contribution in [2.75, 3.05) is 31.5 Å². The van der Waals surface area contributed by atoms with Crippen LogP contribution in [0.2, 0.25) is 0 Å². The molecule has 154 valence electrons. The molecule has 1 N–H and O–H groups in total. The fourth-order valence-corrected chi connectivity index (χ4v) is 3.92. The third-order valence-corrected chi connectivity index (χ3v) is 5.83. The van der Waals surface area contributed by atoms with Gasteiger partial charge in [0.2, 0.25) is 0 Å². The number of likely N-dealkylation sites (N-methyl/N-ethyl adjacent to an activating group) is 1. The summed E-state index contributed by atoms with van der Waals surface area (Å²) in [5.74, 6) is 0. The van der Waals surface area contributed by atoms with Gasteiger partial charge in [-0.2, -0.15) is 5.10 Å². The van der Waals surface area contributed by atoms with Crippen LogP contribution < -0.4 is 5.32 Å². The van der Waals surface area contributed by atoms with E-state index in [9.17, 15) is 4.79 Å². The summed E-state index contributed by atoms with van der Waals surface area (Å²) in [4.78, 5) is 18.5. The number of rotatable bonds is 9. The number of thiophene rings is 1. The number of anilines is 1. The predicted octanol–water partition coefficient (Wildman–Crippen LogP) is 4.62. The first-order valence-corrected chi connectivity index (χ1v) is 10.9. The highest BCUT2D eigenvalue weighted by atomic mass is 32.1. The van der Waals surface area contributed by atoms with Gasteiger partial charge in [-0.25, -0.2) is 9.48 Å². The molecule has 0 spiro atoms. The molecule has 0 radical (unpaired) electrons. The van der Waals surface area contributed by atoms with Crippen molar-refractivity contribution < 1.29 is 4.79 Å². The van der Waals surface area contributed by atoms with E-state index in [4.69, 9.17) is 0 Å². The Kier molecular flexibility index (Phi) is 7.43. The number of benzene rings is 1. The van der Waals surface area contributed by atoms with Crippen molar-refractivity contribution in [3.05, 3.63) is 64.6 Å². The van der Waals surface area contributed by atoms with Crippen LogP contribution in [0.3, 0.4) is 0 Å². The molecule has 29 heavy (non-hydrogen) atoms. The van der Waals surface area contributed by atoms with E-state index in [0.717, 1.165) is 36.7 Å². The molecule has 3 aromatic rings. The molecule has 7 heteroatoms. The number of aromatic nitrogens is 2. The molecule has 3 rings (SSSR count). The number of hydrogen-bond donors (Lipinski definition) is 1. The maximum Gasteiger partial charge on any atom is 0.322 e. The molecule has 0 unspecified atom stereocenters. The largest absolute Gasteiger partial charge is 0.322 e. The lowest BCUT2D eigenvalue weighted by Crippen LogP contribution is -2.40. The van der Waals surface area contributed by atoms with E-state index < -0.39 is 0 Å². The predicted molar refractivity (Wildman–Crippen MR) is 120 cm³/mol. The highest BCUT2D eigenvalue weighted by molar-refractivity contribution is 7.09. The smallest absolute Gasteiger partial charge is 0.318 e. The van der Waals surface area contributed by atoms with E-state index in [2.05, 4.69) is 35.2 Å². The second-order valence-electron chi connectivity index (χ2n) is 6.89. The molecule has 0 aliphatic rings. The molecule has 0 fully saturated rings. The van der Waals surface area contributed by atoms with Crippen LogP contribution >= 0.6 is 11.3 Å². The van der Waals surface area contributed by atoms with Crippen molar-refractivity contribution in [1.82, 2.24) is 19.6 Å². The topological polar surface area (TPSA) is 53.4 Å². The number of hydrogen-bond acceptors (Lipinski definition) is 4. The summed E-state index contributed by atoms with van der Waals surface area (Å²) in [5, 5.41) is 9.46. The number of urea groups is 1. The third kappa shape index (κ3) is 5.68. The first-order valence-electron chi connectivity index (χ1n) is 10.0. The van der Waals surface area contributed by atoms with Gasteiger partial charge in [0.1, 0.15) is 0 Å². The summed E-state index contributed by atoms with van der Waals surface area (Å²) in [6, 6.07) is 13.8. The molecule has 0 aliphatic heterocycles. The molecule has 0 atom stereocenters. The van der Waals surface area contributed by atoms with Crippen LogP contribution in [-0.4, -0.2) is 51.8 Å². The summed E-state index contributed by atoms with van der Waals surface area (Å²) in [6.45, 7) is 10.4. The van der Waals surface area contributed by atoms with Crippen molar-refractivity contribution in [3.8, 4) is 5.69 Å². The fourth-order valence-electron chi connectivity index (χ4n) is 3.20. The normalized spacial score (nSPS) is 11.0. The fraction of sp³-hybridized carbons (Fsp3) is 0.364. The zero-order valence-electron chi connectivity index (χ0n) is 17.3. The molecular weight excluding hydrogens is 382 g/mol. The quantitative estimate of drug-likeness (QED) is 0.559. The van der Waals surface area contributed by atoms with Crippen molar-refractivity contribution >= 4 is 23.1 Å².